The first kappa shape index (κ1) is 15.7. The highest BCUT2D eigenvalue weighted by Crippen LogP contribution is 2.33. The Morgan fingerprint density at radius 3 is 2.26 bits per heavy atom. The highest BCUT2D eigenvalue weighted by atomic mass is 35.5. The lowest BCUT2D eigenvalue weighted by Crippen LogP contribution is -2.12. The quantitative estimate of drug-likeness (QED) is 0.656. The summed E-state index contributed by atoms with van der Waals surface area (Å²) in [4.78, 5) is 14.5. The first-order chi connectivity index (χ1) is 11.2. The maximum absolute atomic E-state index is 12.4. The third kappa shape index (κ3) is 3.95. The molecule has 0 spiro atoms. The summed E-state index contributed by atoms with van der Waals surface area (Å²) in [7, 11) is 0. The Labute approximate surface area is 144 Å². The van der Waals surface area contributed by atoms with Crippen LogP contribution in [0.4, 0.5) is 5.69 Å². The predicted molar refractivity (Wildman–Crippen MR) is 96.4 cm³/mol. The van der Waals surface area contributed by atoms with Crippen LogP contribution in [0.1, 0.15) is 10.4 Å². The second-order valence-electron chi connectivity index (χ2n) is 4.85. The molecule has 0 aliphatic rings. The van der Waals surface area contributed by atoms with E-state index in [1.807, 2.05) is 54.6 Å². The molecule has 0 atom stereocenters. The van der Waals surface area contributed by atoms with E-state index in [1.165, 1.54) is 0 Å². The first-order valence-electron chi connectivity index (χ1n) is 7.12. The number of hydrogen-bond acceptors (Lipinski definition) is 2. The van der Waals surface area contributed by atoms with Gasteiger partial charge in [-0.05, 0) is 36.4 Å². The third-order valence-corrected chi connectivity index (χ3v) is 4.64. The monoisotopic (exact) mass is 339 g/mol. The van der Waals surface area contributed by atoms with Crippen molar-refractivity contribution < 1.29 is 4.79 Å². The number of anilines is 1. The first-order valence-corrected chi connectivity index (χ1v) is 8.31. The van der Waals surface area contributed by atoms with Crippen LogP contribution in [0, 0.1) is 0 Å². The molecule has 3 rings (SSSR count). The second-order valence-corrected chi connectivity index (χ2v) is 6.37. The topological polar surface area (TPSA) is 29.1 Å². The molecule has 23 heavy (non-hydrogen) atoms. The van der Waals surface area contributed by atoms with Crippen molar-refractivity contribution in [1.82, 2.24) is 0 Å². The Morgan fingerprint density at radius 2 is 1.48 bits per heavy atom. The smallest absolute Gasteiger partial charge is 0.257 e. The lowest BCUT2D eigenvalue weighted by Gasteiger charge is -2.11. The molecule has 0 saturated carbocycles. The van der Waals surface area contributed by atoms with Crippen LogP contribution < -0.4 is 5.32 Å². The molecule has 0 unspecified atom stereocenters. The van der Waals surface area contributed by atoms with E-state index in [1.54, 1.807) is 36.0 Å². The van der Waals surface area contributed by atoms with Crippen molar-refractivity contribution in [1.29, 1.82) is 0 Å². The van der Waals surface area contributed by atoms with Gasteiger partial charge in [0.2, 0.25) is 0 Å². The molecule has 0 aromatic heterocycles. The zero-order valence-corrected chi connectivity index (χ0v) is 13.8. The van der Waals surface area contributed by atoms with Gasteiger partial charge in [0.25, 0.3) is 5.91 Å². The lowest BCUT2D eigenvalue weighted by atomic mass is 10.2. The van der Waals surface area contributed by atoms with Crippen LogP contribution in [-0.2, 0) is 0 Å². The van der Waals surface area contributed by atoms with Gasteiger partial charge in [-0.3, -0.25) is 4.79 Å². The molecule has 114 valence electrons. The summed E-state index contributed by atoms with van der Waals surface area (Å²) in [6.07, 6.45) is 0. The number of rotatable bonds is 4. The number of benzene rings is 3. The predicted octanol–water partition coefficient (Wildman–Crippen LogP) is 5.74. The van der Waals surface area contributed by atoms with Gasteiger partial charge in [-0.1, -0.05) is 65.8 Å². The number of hydrogen-bond donors (Lipinski definition) is 1. The summed E-state index contributed by atoms with van der Waals surface area (Å²) < 4.78 is 0. The molecule has 3 aromatic carbocycles. The Bertz CT molecular complexity index is 820. The summed E-state index contributed by atoms with van der Waals surface area (Å²) in [6, 6.07) is 24.8. The van der Waals surface area contributed by atoms with Gasteiger partial charge in [0.15, 0.2) is 0 Å². The van der Waals surface area contributed by atoms with Gasteiger partial charge in [-0.25, -0.2) is 0 Å². The van der Waals surface area contributed by atoms with Gasteiger partial charge in [-0.15, -0.1) is 0 Å². The fraction of sp³-hybridized carbons (Fsp3) is 0. The van der Waals surface area contributed by atoms with Crippen LogP contribution in [0.25, 0.3) is 0 Å². The van der Waals surface area contributed by atoms with Crippen LogP contribution in [0.5, 0.6) is 0 Å². The van der Waals surface area contributed by atoms with Crippen LogP contribution in [0.15, 0.2) is 88.7 Å². The summed E-state index contributed by atoms with van der Waals surface area (Å²) in [5.74, 6) is -0.211. The molecule has 0 aliphatic heterocycles. The second kappa shape index (κ2) is 7.36. The minimum atomic E-state index is -0.211. The van der Waals surface area contributed by atoms with E-state index < -0.39 is 0 Å². The number of nitrogens with one attached hydrogen (secondary N) is 1. The average molecular weight is 340 g/mol. The summed E-state index contributed by atoms with van der Waals surface area (Å²) in [6.45, 7) is 0. The van der Waals surface area contributed by atoms with Crippen molar-refractivity contribution in [2.45, 2.75) is 9.79 Å². The maximum Gasteiger partial charge on any atom is 0.257 e. The molecule has 2 nitrogen and oxygen atoms in total. The molecule has 0 fully saturated rings. The van der Waals surface area contributed by atoms with Crippen molar-refractivity contribution >= 4 is 35.0 Å². The van der Waals surface area contributed by atoms with Crippen molar-refractivity contribution in [3.8, 4) is 0 Å². The molecular weight excluding hydrogens is 326 g/mol. The van der Waals surface area contributed by atoms with Crippen molar-refractivity contribution in [3.63, 3.8) is 0 Å². The standard InChI is InChI=1S/C19H14ClNOS/c20-16-11-5-4-10-15(16)19(22)21-17-12-6-7-13-18(17)23-14-8-2-1-3-9-14/h1-13H,(H,21,22). The fourth-order valence-corrected chi connectivity index (χ4v) is 3.25. The van der Waals surface area contributed by atoms with E-state index in [0.717, 1.165) is 15.5 Å². The normalized spacial score (nSPS) is 10.3. The molecular formula is C19H14ClNOS. The number of carbonyl (C=O) groups is 1. The summed E-state index contributed by atoms with van der Waals surface area (Å²) in [5, 5.41) is 3.39. The number of amides is 1. The molecule has 0 aliphatic carbocycles. The molecule has 0 radical (unpaired) electrons. The minimum Gasteiger partial charge on any atom is -0.321 e. The highest BCUT2D eigenvalue weighted by molar-refractivity contribution is 7.99. The van der Waals surface area contributed by atoms with Gasteiger partial charge < -0.3 is 5.32 Å². The molecule has 0 saturated heterocycles. The third-order valence-electron chi connectivity index (χ3n) is 3.22. The number of carbonyl (C=O) groups excluding carboxylic acids is 1. The van der Waals surface area contributed by atoms with Gasteiger partial charge in [0, 0.05) is 9.79 Å². The van der Waals surface area contributed by atoms with E-state index in [4.69, 9.17) is 11.6 Å². The van der Waals surface area contributed by atoms with Crippen molar-refractivity contribution in [2.24, 2.45) is 0 Å². The highest BCUT2D eigenvalue weighted by Gasteiger charge is 2.12. The van der Waals surface area contributed by atoms with E-state index in [2.05, 4.69) is 5.32 Å². The summed E-state index contributed by atoms with van der Waals surface area (Å²) >= 11 is 7.70. The minimum absolute atomic E-state index is 0.211. The Hall–Kier alpha value is -2.23. The van der Waals surface area contributed by atoms with Gasteiger partial charge in [0.05, 0.1) is 16.3 Å². The van der Waals surface area contributed by atoms with Crippen molar-refractivity contribution in [2.75, 3.05) is 5.32 Å². The molecule has 0 bridgehead atoms. The Balaban J connectivity index is 1.84. The Morgan fingerprint density at radius 1 is 0.826 bits per heavy atom. The van der Waals surface area contributed by atoms with Gasteiger partial charge >= 0.3 is 0 Å². The molecule has 3 aromatic rings. The van der Waals surface area contributed by atoms with Crippen molar-refractivity contribution in [3.05, 3.63) is 89.4 Å². The van der Waals surface area contributed by atoms with E-state index in [0.29, 0.717) is 10.6 Å². The zero-order chi connectivity index (χ0) is 16.1. The van der Waals surface area contributed by atoms with E-state index >= 15 is 0 Å². The Kier molecular flexibility index (Phi) is 5.01. The molecule has 0 heterocycles. The molecule has 1 amide bonds. The zero-order valence-electron chi connectivity index (χ0n) is 12.2. The summed E-state index contributed by atoms with van der Waals surface area (Å²) in [5.41, 5.74) is 1.24. The SMILES string of the molecule is O=C(Nc1ccccc1Sc1ccccc1)c1ccccc1Cl. The van der Waals surface area contributed by atoms with Crippen LogP contribution in [0.3, 0.4) is 0 Å². The van der Waals surface area contributed by atoms with Crippen LogP contribution in [-0.4, -0.2) is 5.91 Å². The van der Waals surface area contributed by atoms with Gasteiger partial charge in [-0.2, -0.15) is 0 Å². The van der Waals surface area contributed by atoms with Crippen LogP contribution >= 0.6 is 23.4 Å². The number of para-hydroxylation sites is 1. The maximum atomic E-state index is 12.4. The molecule has 4 heteroatoms. The number of halogens is 1. The largest absolute Gasteiger partial charge is 0.321 e. The van der Waals surface area contributed by atoms with Crippen LogP contribution in [0.2, 0.25) is 5.02 Å². The average Bonchev–Trinajstić information content (AvgIpc) is 2.58. The van der Waals surface area contributed by atoms with E-state index in [-0.39, 0.29) is 5.91 Å². The molecule has 1 N–H and O–H groups in total. The fourth-order valence-electron chi connectivity index (χ4n) is 2.11. The van der Waals surface area contributed by atoms with E-state index in [9.17, 15) is 4.79 Å². The lowest BCUT2D eigenvalue weighted by molar-refractivity contribution is 0.102. The van der Waals surface area contributed by atoms with Gasteiger partial charge in [0.1, 0.15) is 0 Å².